The van der Waals surface area contributed by atoms with Crippen LogP contribution in [0.2, 0.25) is 0 Å². The zero-order chi connectivity index (χ0) is 20.6. The van der Waals surface area contributed by atoms with Gasteiger partial charge in [-0.1, -0.05) is 0 Å². The van der Waals surface area contributed by atoms with Gasteiger partial charge in [0.05, 0.1) is 7.11 Å². The standard InChI is InChI=1S/C22H26FN3O3/c1-29-20-11-7-18(8-12-20)24-21(27)3-2-4-22(28)26-15-13-25(14-16-26)19-9-5-17(23)6-10-19/h5-12H,2-4,13-16H2,1H3,(H,24,27). The van der Waals surface area contributed by atoms with E-state index in [1.807, 2.05) is 4.90 Å². The summed E-state index contributed by atoms with van der Waals surface area (Å²) >= 11 is 0. The molecule has 29 heavy (non-hydrogen) atoms. The van der Waals surface area contributed by atoms with Crippen molar-refractivity contribution >= 4 is 23.2 Å². The molecule has 2 aromatic rings. The van der Waals surface area contributed by atoms with Crippen molar-refractivity contribution in [3.8, 4) is 5.75 Å². The van der Waals surface area contributed by atoms with Crippen LogP contribution in [0.4, 0.5) is 15.8 Å². The van der Waals surface area contributed by atoms with Crippen LogP contribution in [0.5, 0.6) is 5.75 Å². The maximum absolute atomic E-state index is 13.0. The lowest BCUT2D eigenvalue weighted by molar-refractivity contribution is -0.131. The van der Waals surface area contributed by atoms with Gasteiger partial charge in [-0.2, -0.15) is 0 Å². The lowest BCUT2D eigenvalue weighted by Crippen LogP contribution is -2.48. The van der Waals surface area contributed by atoms with Crippen LogP contribution in [0.15, 0.2) is 48.5 Å². The molecule has 0 aliphatic carbocycles. The predicted octanol–water partition coefficient (Wildman–Crippen LogP) is 3.29. The fraction of sp³-hybridized carbons (Fsp3) is 0.364. The third-order valence-electron chi connectivity index (χ3n) is 4.99. The number of nitrogens with one attached hydrogen (secondary N) is 1. The summed E-state index contributed by atoms with van der Waals surface area (Å²) in [6, 6.07) is 13.5. The first-order valence-corrected chi connectivity index (χ1v) is 9.77. The van der Waals surface area contributed by atoms with Gasteiger partial charge in [0.1, 0.15) is 11.6 Å². The largest absolute Gasteiger partial charge is 0.497 e. The first kappa shape index (κ1) is 20.6. The molecule has 1 heterocycles. The smallest absolute Gasteiger partial charge is 0.224 e. The summed E-state index contributed by atoms with van der Waals surface area (Å²) in [6.45, 7) is 2.70. The SMILES string of the molecule is COc1ccc(NC(=O)CCCC(=O)N2CCN(c3ccc(F)cc3)CC2)cc1. The van der Waals surface area contributed by atoms with E-state index in [1.54, 1.807) is 43.5 Å². The number of hydrogen-bond donors (Lipinski definition) is 1. The number of ether oxygens (including phenoxy) is 1. The van der Waals surface area contributed by atoms with Gasteiger partial charge in [-0.05, 0) is 55.0 Å². The van der Waals surface area contributed by atoms with Crippen LogP contribution in [-0.2, 0) is 9.59 Å². The molecular formula is C22H26FN3O3. The molecule has 7 heteroatoms. The Balaban J connectivity index is 1.36. The summed E-state index contributed by atoms with van der Waals surface area (Å²) in [6.07, 6.45) is 1.17. The third kappa shape index (κ3) is 5.94. The van der Waals surface area contributed by atoms with Gasteiger partial charge in [-0.25, -0.2) is 4.39 Å². The number of nitrogens with zero attached hydrogens (tertiary/aromatic N) is 2. The summed E-state index contributed by atoms with van der Waals surface area (Å²) in [5.41, 5.74) is 1.67. The first-order chi connectivity index (χ1) is 14.0. The van der Waals surface area contributed by atoms with E-state index in [9.17, 15) is 14.0 Å². The van der Waals surface area contributed by atoms with Gasteiger partial charge in [0.15, 0.2) is 0 Å². The number of rotatable bonds is 7. The Morgan fingerprint density at radius 2 is 1.62 bits per heavy atom. The molecule has 1 N–H and O–H groups in total. The number of carbonyl (C=O) groups excluding carboxylic acids is 2. The van der Waals surface area contributed by atoms with E-state index >= 15 is 0 Å². The van der Waals surface area contributed by atoms with Crippen molar-refractivity contribution in [1.82, 2.24) is 4.90 Å². The molecule has 154 valence electrons. The van der Waals surface area contributed by atoms with Gasteiger partial charge >= 0.3 is 0 Å². The van der Waals surface area contributed by atoms with E-state index in [2.05, 4.69) is 10.2 Å². The molecule has 0 unspecified atom stereocenters. The summed E-state index contributed by atoms with van der Waals surface area (Å²) in [4.78, 5) is 28.4. The Kier molecular flexibility index (Phi) is 7.05. The van der Waals surface area contributed by atoms with Gasteiger partial charge in [0, 0.05) is 50.4 Å². The average molecular weight is 399 g/mol. The van der Waals surface area contributed by atoms with Crippen LogP contribution in [0.1, 0.15) is 19.3 Å². The molecular weight excluding hydrogens is 373 g/mol. The molecule has 0 spiro atoms. The van der Waals surface area contributed by atoms with Crippen molar-refractivity contribution in [2.45, 2.75) is 19.3 Å². The van der Waals surface area contributed by atoms with E-state index in [1.165, 1.54) is 12.1 Å². The van der Waals surface area contributed by atoms with Gasteiger partial charge in [-0.15, -0.1) is 0 Å². The highest BCUT2D eigenvalue weighted by atomic mass is 19.1. The number of carbonyl (C=O) groups is 2. The second kappa shape index (κ2) is 9.91. The molecule has 1 aliphatic rings. The van der Waals surface area contributed by atoms with Crippen molar-refractivity contribution in [2.75, 3.05) is 43.5 Å². The Labute approximate surface area is 170 Å². The maximum Gasteiger partial charge on any atom is 0.224 e. The molecule has 6 nitrogen and oxygen atoms in total. The van der Waals surface area contributed by atoms with Crippen LogP contribution in [0.25, 0.3) is 0 Å². The van der Waals surface area contributed by atoms with Gasteiger partial charge in [-0.3, -0.25) is 9.59 Å². The summed E-state index contributed by atoms with van der Waals surface area (Å²) in [5.74, 6) is 0.441. The average Bonchev–Trinajstić information content (AvgIpc) is 2.75. The summed E-state index contributed by atoms with van der Waals surface area (Å²) in [7, 11) is 1.59. The topological polar surface area (TPSA) is 61.9 Å². The number of amides is 2. The molecule has 0 saturated carbocycles. The third-order valence-corrected chi connectivity index (χ3v) is 4.99. The molecule has 1 aliphatic heterocycles. The van der Waals surface area contributed by atoms with E-state index in [0.29, 0.717) is 38.0 Å². The molecule has 2 aromatic carbocycles. The van der Waals surface area contributed by atoms with Gasteiger partial charge < -0.3 is 19.9 Å². The number of halogens is 1. The minimum Gasteiger partial charge on any atom is -0.497 e. The minimum absolute atomic E-state index is 0.0704. The molecule has 2 amide bonds. The molecule has 0 atom stereocenters. The molecule has 0 aromatic heterocycles. The number of methoxy groups -OCH3 is 1. The highest BCUT2D eigenvalue weighted by molar-refractivity contribution is 5.91. The van der Waals surface area contributed by atoms with Crippen LogP contribution in [-0.4, -0.2) is 50.0 Å². The lowest BCUT2D eigenvalue weighted by atomic mass is 10.2. The van der Waals surface area contributed by atoms with Gasteiger partial charge in [0.25, 0.3) is 0 Å². The minimum atomic E-state index is -0.251. The van der Waals surface area contributed by atoms with Crippen LogP contribution in [0, 0.1) is 5.82 Å². The summed E-state index contributed by atoms with van der Waals surface area (Å²) < 4.78 is 18.1. The molecule has 1 saturated heterocycles. The van der Waals surface area contributed by atoms with Crippen LogP contribution < -0.4 is 15.0 Å². The Morgan fingerprint density at radius 3 is 2.24 bits per heavy atom. The Hall–Kier alpha value is -3.09. The van der Waals surface area contributed by atoms with Crippen molar-refractivity contribution < 1.29 is 18.7 Å². The molecule has 0 radical (unpaired) electrons. The van der Waals surface area contributed by atoms with E-state index in [0.717, 1.165) is 24.5 Å². The van der Waals surface area contributed by atoms with E-state index in [4.69, 9.17) is 4.74 Å². The molecule has 1 fully saturated rings. The quantitative estimate of drug-likeness (QED) is 0.776. The first-order valence-electron chi connectivity index (χ1n) is 9.77. The van der Waals surface area contributed by atoms with E-state index < -0.39 is 0 Å². The highest BCUT2D eigenvalue weighted by Gasteiger charge is 2.21. The number of hydrogen-bond acceptors (Lipinski definition) is 4. The van der Waals surface area contributed by atoms with Crippen molar-refractivity contribution in [1.29, 1.82) is 0 Å². The number of piperazine rings is 1. The molecule has 3 rings (SSSR count). The highest BCUT2D eigenvalue weighted by Crippen LogP contribution is 2.18. The van der Waals surface area contributed by atoms with Crippen LogP contribution >= 0.6 is 0 Å². The molecule has 0 bridgehead atoms. The second-order valence-corrected chi connectivity index (χ2v) is 6.97. The Morgan fingerprint density at radius 1 is 0.966 bits per heavy atom. The zero-order valence-corrected chi connectivity index (χ0v) is 16.6. The normalized spacial score (nSPS) is 13.9. The fourth-order valence-corrected chi connectivity index (χ4v) is 3.32. The predicted molar refractivity (Wildman–Crippen MR) is 111 cm³/mol. The second-order valence-electron chi connectivity index (χ2n) is 6.97. The zero-order valence-electron chi connectivity index (χ0n) is 16.6. The van der Waals surface area contributed by atoms with Crippen LogP contribution in [0.3, 0.4) is 0 Å². The maximum atomic E-state index is 13.0. The fourth-order valence-electron chi connectivity index (χ4n) is 3.32. The van der Waals surface area contributed by atoms with Gasteiger partial charge in [0.2, 0.25) is 11.8 Å². The number of anilines is 2. The lowest BCUT2D eigenvalue weighted by Gasteiger charge is -2.36. The van der Waals surface area contributed by atoms with Crippen molar-refractivity contribution in [3.63, 3.8) is 0 Å². The van der Waals surface area contributed by atoms with Crippen molar-refractivity contribution in [2.24, 2.45) is 0 Å². The number of benzene rings is 2. The summed E-state index contributed by atoms with van der Waals surface area (Å²) in [5, 5.41) is 2.82. The Bertz CT molecular complexity index is 816. The monoisotopic (exact) mass is 399 g/mol. The van der Waals surface area contributed by atoms with Crippen molar-refractivity contribution in [3.05, 3.63) is 54.3 Å². The van der Waals surface area contributed by atoms with E-state index in [-0.39, 0.29) is 17.6 Å².